The summed E-state index contributed by atoms with van der Waals surface area (Å²) in [7, 11) is 0. The van der Waals surface area contributed by atoms with Crippen LogP contribution in [0.1, 0.15) is 5.56 Å². The van der Waals surface area contributed by atoms with Crippen LogP contribution in [0, 0.1) is 0 Å². The van der Waals surface area contributed by atoms with Crippen molar-refractivity contribution in [1.29, 1.82) is 0 Å². The number of aromatic hydroxyl groups is 1. The van der Waals surface area contributed by atoms with Crippen LogP contribution in [0.15, 0.2) is 24.3 Å². The number of carbonyl (C=O) groups is 2. The van der Waals surface area contributed by atoms with E-state index in [1.54, 1.807) is 24.3 Å². The fraction of sp³-hybridized carbons (Fsp3) is 0.273. The molecule has 17 heavy (non-hydrogen) atoms. The van der Waals surface area contributed by atoms with Gasteiger partial charge in [0.15, 0.2) is 0 Å². The molecule has 0 aliphatic carbocycles. The van der Waals surface area contributed by atoms with Gasteiger partial charge in [-0.25, -0.2) is 4.79 Å². The quantitative estimate of drug-likeness (QED) is 0.593. The molecule has 0 saturated carbocycles. The van der Waals surface area contributed by atoms with Gasteiger partial charge in [0.2, 0.25) is 0 Å². The topological polar surface area (TPSA) is 98.7 Å². The first-order chi connectivity index (χ1) is 8.08. The Labute approximate surface area is 98.3 Å². The number of hydrogen-bond acceptors (Lipinski definition) is 3. The molecule has 92 valence electrons. The molecule has 0 fully saturated rings. The van der Waals surface area contributed by atoms with Crippen molar-refractivity contribution < 1.29 is 19.8 Å². The van der Waals surface area contributed by atoms with Gasteiger partial charge in [0.1, 0.15) is 12.3 Å². The summed E-state index contributed by atoms with van der Waals surface area (Å²) in [4.78, 5) is 21.2. The molecular weight excluding hydrogens is 224 g/mol. The predicted molar refractivity (Wildman–Crippen MR) is 60.8 cm³/mol. The smallest absolute Gasteiger partial charge is 0.323 e. The molecule has 0 unspecified atom stereocenters. The Balaban J connectivity index is 2.21. The number of carboxylic acid groups (broad SMARTS) is 1. The Kier molecular flexibility index (Phi) is 4.80. The van der Waals surface area contributed by atoms with Gasteiger partial charge in [-0.1, -0.05) is 12.1 Å². The van der Waals surface area contributed by atoms with Crippen molar-refractivity contribution in [3.8, 4) is 5.75 Å². The van der Waals surface area contributed by atoms with Crippen molar-refractivity contribution >= 4 is 12.0 Å². The summed E-state index contributed by atoms with van der Waals surface area (Å²) in [5, 5.41) is 22.1. The molecule has 0 atom stereocenters. The molecule has 0 bridgehead atoms. The van der Waals surface area contributed by atoms with Gasteiger partial charge in [0.05, 0.1) is 0 Å². The minimum absolute atomic E-state index is 0.195. The lowest BCUT2D eigenvalue weighted by atomic mass is 10.1. The summed E-state index contributed by atoms with van der Waals surface area (Å²) in [6.07, 6.45) is 0.612. The van der Waals surface area contributed by atoms with E-state index in [1.165, 1.54) is 0 Å². The summed E-state index contributed by atoms with van der Waals surface area (Å²) in [5.41, 5.74) is 0.973. The van der Waals surface area contributed by atoms with Gasteiger partial charge in [-0.2, -0.15) is 0 Å². The van der Waals surface area contributed by atoms with Crippen molar-refractivity contribution in [2.45, 2.75) is 6.42 Å². The Morgan fingerprint density at radius 2 is 1.76 bits per heavy atom. The monoisotopic (exact) mass is 238 g/mol. The summed E-state index contributed by atoms with van der Waals surface area (Å²) in [6, 6.07) is 6.14. The zero-order valence-electron chi connectivity index (χ0n) is 9.14. The highest BCUT2D eigenvalue weighted by Crippen LogP contribution is 2.09. The third kappa shape index (κ3) is 5.41. The van der Waals surface area contributed by atoms with Crippen molar-refractivity contribution in [3.63, 3.8) is 0 Å². The number of hydrogen-bond donors (Lipinski definition) is 4. The highest BCUT2D eigenvalue weighted by Gasteiger charge is 2.02. The predicted octanol–water partition coefficient (Wildman–Crippen LogP) is 0.318. The molecule has 0 aliphatic heterocycles. The fourth-order valence-electron chi connectivity index (χ4n) is 1.20. The number of carboxylic acids is 1. The van der Waals surface area contributed by atoms with E-state index in [4.69, 9.17) is 10.2 Å². The van der Waals surface area contributed by atoms with Crippen LogP contribution in [-0.4, -0.2) is 35.3 Å². The van der Waals surface area contributed by atoms with Crippen LogP contribution >= 0.6 is 0 Å². The van der Waals surface area contributed by atoms with Crippen LogP contribution in [0.2, 0.25) is 0 Å². The van der Waals surface area contributed by atoms with Crippen LogP contribution in [0.4, 0.5) is 4.79 Å². The molecule has 1 rings (SSSR count). The molecule has 0 aromatic heterocycles. The first-order valence-corrected chi connectivity index (χ1v) is 5.09. The summed E-state index contributed by atoms with van der Waals surface area (Å²) < 4.78 is 0. The van der Waals surface area contributed by atoms with Crippen LogP contribution in [0.5, 0.6) is 5.75 Å². The van der Waals surface area contributed by atoms with Gasteiger partial charge in [-0.3, -0.25) is 4.79 Å². The van der Waals surface area contributed by atoms with Crippen LogP contribution in [-0.2, 0) is 11.2 Å². The van der Waals surface area contributed by atoms with E-state index in [1.807, 2.05) is 0 Å². The third-order valence-electron chi connectivity index (χ3n) is 2.04. The van der Waals surface area contributed by atoms with Crippen molar-refractivity contribution in [3.05, 3.63) is 29.8 Å². The molecular formula is C11H14N2O4. The van der Waals surface area contributed by atoms with E-state index in [-0.39, 0.29) is 5.75 Å². The molecule has 1 aromatic rings. The van der Waals surface area contributed by atoms with E-state index in [0.717, 1.165) is 5.56 Å². The van der Waals surface area contributed by atoms with E-state index < -0.39 is 18.5 Å². The SMILES string of the molecule is O=C(O)CNC(=O)NCCc1ccc(O)cc1. The lowest BCUT2D eigenvalue weighted by molar-refractivity contribution is -0.135. The number of amides is 2. The number of phenolic OH excluding ortho intramolecular Hbond substituents is 1. The van der Waals surface area contributed by atoms with Gasteiger partial charge < -0.3 is 20.8 Å². The molecule has 0 heterocycles. The summed E-state index contributed by atoms with van der Waals surface area (Å²) in [6.45, 7) is 0.00126. The summed E-state index contributed by atoms with van der Waals surface area (Å²) in [5.74, 6) is -0.889. The molecule has 0 spiro atoms. The van der Waals surface area contributed by atoms with E-state index >= 15 is 0 Å². The van der Waals surface area contributed by atoms with Crippen LogP contribution < -0.4 is 10.6 Å². The van der Waals surface area contributed by atoms with Gasteiger partial charge in [0.25, 0.3) is 0 Å². The second kappa shape index (κ2) is 6.37. The Hall–Kier alpha value is -2.24. The molecule has 0 radical (unpaired) electrons. The molecule has 6 nitrogen and oxygen atoms in total. The maximum absolute atomic E-state index is 11.1. The largest absolute Gasteiger partial charge is 0.508 e. The number of rotatable bonds is 5. The third-order valence-corrected chi connectivity index (χ3v) is 2.04. The Morgan fingerprint density at radius 3 is 2.35 bits per heavy atom. The average Bonchev–Trinajstić information content (AvgIpc) is 2.29. The number of aliphatic carboxylic acids is 1. The van der Waals surface area contributed by atoms with Gasteiger partial charge in [-0.15, -0.1) is 0 Å². The minimum atomic E-state index is -1.08. The fourth-order valence-corrected chi connectivity index (χ4v) is 1.20. The molecule has 4 N–H and O–H groups in total. The first kappa shape index (κ1) is 12.8. The lowest BCUT2D eigenvalue weighted by Crippen LogP contribution is -2.39. The highest BCUT2D eigenvalue weighted by atomic mass is 16.4. The van der Waals surface area contributed by atoms with Crippen molar-refractivity contribution in [2.75, 3.05) is 13.1 Å². The number of nitrogens with one attached hydrogen (secondary N) is 2. The van der Waals surface area contributed by atoms with Crippen LogP contribution in [0.25, 0.3) is 0 Å². The van der Waals surface area contributed by atoms with Gasteiger partial charge in [0, 0.05) is 6.54 Å². The van der Waals surface area contributed by atoms with E-state index in [9.17, 15) is 9.59 Å². The highest BCUT2D eigenvalue weighted by molar-refractivity contribution is 5.79. The molecule has 0 aliphatic rings. The number of carbonyl (C=O) groups excluding carboxylic acids is 1. The number of benzene rings is 1. The van der Waals surface area contributed by atoms with E-state index in [0.29, 0.717) is 13.0 Å². The average molecular weight is 238 g/mol. The zero-order chi connectivity index (χ0) is 12.7. The lowest BCUT2D eigenvalue weighted by Gasteiger charge is -2.05. The second-order valence-electron chi connectivity index (χ2n) is 3.42. The molecule has 6 heteroatoms. The van der Waals surface area contributed by atoms with E-state index in [2.05, 4.69) is 10.6 Å². The maximum atomic E-state index is 11.1. The normalized spacial score (nSPS) is 9.65. The van der Waals surface area contributed by atoms with Gasteiger partial charge in [-0.05, 0) is 24.1 Å². The number of urea groups is 1. The molecule has 1 aromatic carbocycles. The van der Waals surface area contributed by atoms with Crippen molar-refractivity contribution in [2.24, 2.45) is 0 Å². The second-order valence-corrected chi connectivity index (χ2v) is 3.42. The van der Waals surface area contributed by atoms with Crippen molar-refractivity contribution in [1.82, 2.24) is 10.6 Å². The first-order valence-electron chi connectivity index (χ1n) is 5.09. The Morgan fingerprint density at radius 1 is 1.12 bits per heavy atom. The van der Waals surface area contributed by atoms with Gasteiger partial charge >= 0.3 is 12.0 Å². The zero-order valence-corrected chi connectivity index (χ0v) is 9.14. The minimum Gasteiger partial charge on any atom is -0.508 e. The number of phenols is 1. The van der Waals surface area contributed by atoms with Crippen LogP contribution in [0.3, 0.4) is 0 Å². The molecule has 2 amide bonds. The standard InChI is InChI=1S/C11H14N2O4/c14-9-3-1-8(2-4-9)5-6-12-11(17)13-7-10(15)16/h1-4,14H,5-7H2,(H,15,16)(H2,12,13,17). The molecule has 0 saturated heterocycles. The Bertz CT molecular complexity index is 389. The summed E-state index contributed by atoms with van der Waals surface area (Å²) >= 11 is 0. The maximum Gasteiger partial charge on any atom is 0.323 e.